The van der Waals surface area contributed by atoms with Gasteiger partial charge in [-0.15, -0.1) is 0 Å². The van der Waals surface area contributed by atoms with Crippen molar-refractivity contribution in [3.05, 3.63) is 33.8 Å². The Morgan fingerprint density at radius 3 is 2.47 bits per heavy atom. The van der Waals surface area contributed by atoms with Crippen molar-refractivity contribution in [1.29, 1.82) is 0 Å². The highest BCUT2D eigenvalue weighted by molar-refractivity contribution is 6.33. The molecule has 2 atom stereocenters. The minimum Gasteiger partial charge on any atom is -0.302 e. The number of benzene rings is 1. The lowest BCUT2D eigenvalue weighted by Gasteiger charge is -2.42. The first kappa shape index (κ1) is 16.7. The van der Waals surface area contributed by atoms with Crippen LogP contribution in [0, 0.1) is 0 Å². The highest BCUT2D eigenvalue weighted by Crippen LogP contribution is 2.27. The molecule has 0 fully saturated rings. The van der Waals surface area contributed by atoms with Crippen LogP contribution in [0.4, 0.5) is 0 Å². The predicted octanol–water partition coefficient (Wildman–Crippen LogP) is 3.10. The molecule has 108 valence electrons. The summed E-state index contributed by atoms with van der Waals surface area (Å²) in [7, 11) is 4.13. The molecule has 3 N–H and O–H groups in total. The molecule has 0 radical (unpaired) electrons. The Hall–Kier alpha value is -0.320. The van der Waals surface area contributed by atoms with E-state index in [1.54, 1.807) is 6.07 Å². The van der Waals surface area contributed by atoms with Gasteiger partial charge in [0.25, 0.3) is 0 Å². The first-order valence-electron chi connectivity index (χ1n) is 6.42. The van der Waals surface area contributed by atoms with E-state index in [9.17, 15) is 0 Å². The molecule has 0 aromatic heterocycles. The third-order valence-corrected chi connectivity index (χ3v) is 4.72. The number of nitrogens with one attached hydrogen (secondary N) is 1. The topological polar surface area (TPSA) is 41.3 Å². The van der Waals surface area contributed by atoms with Crippen molar-refractivity contribution in [2.24, 2.45) is 5.84 Å². The molecule has 1 rings (SSSR count). The first-order chi connectivity index (χ1) is 8.85. The Bertz CT molecular complexity index is 423. The monoisotopic (exact) mass is 303 g/mol. The van der Waals surface area contributed by atoms with Gasteiger partial charge in [0.2, 0.25) is 0 Å². The molecule has 0 aliphatic carbocycles. The molecule has 0 aliphatic heterocycles. The second-order valence-corrected chi connectivity index (χ2v) is 6.11. The lowest BCUT2D eigenvalue weighted by molar-refractivity contribution is 0.112. The van der Waals surface area contributed by atoms with E-state index in [1.165, 1.54) is 0 Å². The maximum atomic E-state index is 6.23. The third-order valence-electron chi connectivity index (χ3n) is 4.12. The third kappa shape index (κ3) is 3.83. The lowest BCUT2D eigenvalue weighted by Crippen LogP contribution is -2.59. The van der Waals surface area contributed by atoms with Gasteiger partial charge in [-0.3, -0.25) is 11.3 Å². The normalized spacial score (nSPS) is 16.4. The van der Waals surface area contributed by atoms with Gasteiger partial charge in [-0.1, -0.05) is 30.1 Å². The van der Waals surface area contributed by atoms with Crippen molar-refractivity contribution in [3.63, 3.8) is 0 Å². The molecule has 0 bridgehead atoms. The summed E-state index contributed by atoms with van der Waals surface area (Å²) < 4.78 is 0. The summed E-state index contributed by atoms with van der Waals surface area (Å²) in [6, 6.07) is 5.61. The average molecular weight is 304 g/mol. The fraction of sp³-hybridized carbons (Fsp3) is 0.571. The van der Waals surface area contributed by atoms with Crippen molar-refractivity contribution in [1.82, 2.24) is 10.3 Å². The Morgan fingerprint density at radius 2 is 2.00 bits per heavy atom. The largest absolute Gasteiger partial charge is 0.302 e. The van der Waals surface area contributed by atoms with Crippen LogP contribution in [-0.2, 0) is 6.42 Å². The highest BCUT2D eigenvalue weighted by atomic mass is 35.5. The van der Waals surface area contributed by atoms with Gasteiger partial charge in [0.1, 0.15) is 0 Å². The number of hydrogen-bond donors (Lipinski definition) is 2. The predicted molar refractivity (Wildman–Crippen MR) is 83.7 cm³/mol. The van der Waals surface area contributed by atoms with Crippen LogP contribution in [0.15, 0.2) is 18.2 Å². The molecule has 19 heavy (non-hydrogen) atoms. The summed E-state index contributed by atoms with van der Waals surface area (Å²) in [6.45, 7) is 4.35. The highest BCUT2D eigenvalue weighted by Gasteiger charge is 2.34. The van der Waals surface area contributed by atoms with Crippen molar-refractivity contribution >= 4 is 23.2 Å². The fourth-order valence-electron chi connectivity index (χ4n) is 2.25. The molecule has 0 aliphatic rings. The van der Waals surface area contributed by atoms with Crippen molar-refractivity contribution in [2.45, 2.75) is 38.3 Å². The van der Waals surface area contributed by atoms with Crippen LogP contribution in [0.2, 0.25) is 10.0 Å². The van der Waals surface area contributed by atoms with Crippen LogP contribution in [0.1, 0.15) is 25.8 Å². The smallest absolute Gasteiger partial charge is 0.0439 e. The Labute approximate surface area is 126 Å². The van der Waals surface area contributed by atoms with E-state index in [0.29, 0.717) is 5.02 Å². The maximum absolute atomic E-state index is 6.23. The Kier molecular flexibility index (Phi) is 6.09. The number of hydrazine groups is 1. The molecule has 0 saturated heterocycles. The van der Waals surface area contributed by atoms with E-state index in [0.717, 1.165) is 23.4 Å². The van der Waals surface area contributed by atoms with Crippen LogP contribution in [-0.4, -0.2) is 30.6 Å². The van der Waals surface area contributed by atoms with Gasteiger partial charge < -0.3 is 4.90 Å². The van der Waals surface area contributed by atoms with Crippen LogP contribution in [0.3, 0.4) is 0 Å². The second kappa shape index (κ2) is 6.91. The van der Waals surface area contributed by atoms with E-state index in [1.807, 2.05) is 12.1 Å². The number of halogens is 2. The van der Waals surface area contributed by atoms with E-state index >= 15 is 0 Å². The van der Waals surface area contributed by atoms with Gasteiger partial charge in [0, 0.05) is 21.6 Å². The number of nitrogens with two attached hydrogens (primary N) is 1. The minimum atomic E-state index is -0.0552. The Balaban J connectivity index is 3.02. The molecule has 1 aromatic rings. The molecule has 1 aromatic carbocycles. The van der Waals surface area contributed by atoms with E-state index in [4.69, 9.17) is 29.0 Å². The van der Waals surface area contributed by atoms with Crippen LogP contribution < -0.4 is 11.3 Å². The summed E-state index contributed by atoms with van der Waals surface area (Å²) in [5.74, 6) is 5.76. The van der Waals surface area contributed by atoms with E-state index < -0.39 is 0 Å². The molecule has 2 unspecified atom stereocenters. The summed E-state index contributed by atoms with van der Waals surface area (Å²) in [6.07, 6.45) is 1.71. The second-order valence-electron chi connectivity index (χ2n) is 5.26. The molecule has 0 amide bonds. The number of rotatable bonds is 6. The van der Waals surface area contributed by atoms with Gasteiger partial charge in [0.05, 0.1) is 0 Å². The SMILES string of the molecule is CCC(C)(C(Cc1cc(Cl)ccc1Cl)NN)N(C)C. The molecule has 0 spiro atoms. The van der Waals surface area contributed by atoms with Gasteiger partial charge in [-0.2, -0.15) is 0 Å². The molecule has 5 heteroatoms. The van der Waals surface area contributed by atoms with E-state index in [-0.39, 0.29) is 11.6 Å². The maximum Gasteiger partial charge on any atom is 0.0439 e. The minimum absolute atomic E-state index is 0.0552. The van der Waals surface area contributed by atoms with Gasteiger partial charge in [0.15, 0.2) is 0 Å². The van der Waals surface area contributed by atoms with Crippen molar-refractivity contribution in [3.8, 4) is 0 Å². The van der Waals surface area contributed by atoms with E-state index in [2.05, 4.69) is 38.3 Å². The summed E-state index contributed by atoms with van der Waals surface area (Å²) in [4.78, 5) is 2.19. The zero-order chi connectivity index (χ0) is 14.6. The van der Waals surface area contributed by atoms with Gasteiger partial charge in [-0.05, 0) is 57.6 Å². The summed E-state index contributed by atoms with van der Waals surface area (Å²) in [5.41, 5.74) is 3.88. The van der Waals surface area contributed by atoms with Crippen molar-refractivity contribution < 1.29 is 0 Å². The number of nitrogens with zero attached hydrogens (tertiary/aromatic N) is 1. The first-order valence-corrected chi connectivity index (χ1v) is 7.18. The quantitative estimate of drug-likeness (QED) is 0.627. The molecule has 0 saturated carbocycles. The average Bonchev–Trinajstić information content (AvgIpc) is 2.38. The molecular formula is C14H23Cl2N3. The van der Waals surface area contributed by atoms with Crippen LogP contribution in [0.5, 0.6) is 0 Å². The summed E-state index contributed by atoms with van der Waals surface area (Å²) in [5, 5.41) is 1.42. The number of hydrogen-bond acceptors (Lipinski definition) is 3. The zero-order valence-electron chi connectivity index (χ0n) is 12.0. The van der Waals surface area contributed by atoms with Crippen LogP contribution >= 0.6 is 23.2 Å². The van der Waals surface area contributed by atoms with Crippen LogP contribution in [0.25, 0.3) is 0 Å². The fourth-order valence-corrected chi connectivity index (χ4v) is 2.64. The molecular weight excluding hydrogens is 281 g/mol. The number of likely N-dealkylation sites (N-methyl/N-ethyl adjacent to an activating group) is 1. The Morgan fingerprint density at radius 1 is 1.37 bits per heavy atom. The molecule has 3 nitrogen and oxygen atoms in total. The summed E-state index contributed by atoms with van der Waals surface area (Å²) >= 11 is 12.3. The standard InChI is InChI=1S/C14H23Cl2N3/c1-5-14(2,19(3)4)13(18-17)9-10-8-11(15)6-7-12(10)16/h6-8,13,18H,5,9,17H2,1-4H3. The van der Waals surface area contributed by atoms with Crippen molar-refractivity contribution in [2.75, 3.05) is 14.1 Å². The van der Waals surface area contributed by atoms with Gasteiger partial charge in [-0.25, -0.2) is 0 Å². The zero-order valence-corrected chi connectivity index (χ0v) is 13.5. The molecule has 0 heterocycles. The lowest BCUT2D eigenvalue weighted by atomic mass is 9.84. The van der Waals surface area contributed by atoms with Gasteiger partial charge >= 0.3 is 0 Å².